The second-order valence-corrected chi connectivity index (χ2v) is 3.39. The van der Waals surface area contributed by atoms with Gasteiger partial charge in [-0.15, -0.1) is 0 Å². The van der Waals surface area contributed by atoms with Gasteiger partial charge in [0.2, 0.25) is 0 Å². The largest absolute Gasteiger partial charge is 0.396 e. The van der Waals surface area contributed by atoms with Gasteiger partial charge in [0.15, 0.2) is 0 Å². The van der Waals surface area contributed by atoms with Crippen molar-refractivity contribution in [2.75, 3.05) is 13.2 Å². The molecule has 0 aromatic heterocycles. The van der Waals surface area contributed by atoms with E-state index in [0.29, 0.717) is 5.92 Å². The van der Waals surface area contributed by atoms with Gasteiger partial charge in [0.25, 0.3) is 0 Å². The van der Waals surface area contributed by atoms with Crippen LogP contribution in [0.15, 0.2) is 12.2 Å². The van der Waals surface area contributed by atoms with E-state index in [1.807, 2.05) is 6.08 Å². The van der Waals surface area contributed by atoms with Crippen LogP contribution in [0, 0.1) is 17.8 Å². The van der Waals surface area contributed by atoms with Crippen LogP contribution < -0.4 is 0 Å². The maximum atomic E-state index is 8.97. The minimum absolute atomic E-state index is 0.161. The van der Waals surface area contributed by atoms with Gasteiger partial charge in [0, 0.05) is 19.1 Å². The van der Waals surface area contributed by atoms with Gasteiger partial charge in [-0.25, -0.2) is 0 Å². The Kier molecular flexibility index (Phi) is 3.09. The first-order chi connectivity index (χ1) is 5.27. The molecule has 3 atom stereocenters. The first kappa shape index (κ1) is 8.75. The van der Waals surface area contributed by atoms with Crippen LogP contribution in [0.4, 0.5) is 0 Å². The van der Waals surface area contributed by atoms with Crippen LogP contribution in [0.25, 0.3) is 0 Å². The zero-order valence-corrected chi connectivity index (χ0v) is 6.90. The number of hydrogen-bond acceptors (Lipinski definition) is 2. The average Bonchev–Trinajstić information content (AvgIpc) is 2.04. The molecule has 0 bridgehead atoms. The molecule has 1 aliphatic carbocycles. The van der Waals surface area contributed by atoms with Crippen LogP contribution in [0.3, 0.4) is 0 Å². The fourth-order valence-electron chi connectivity index (χ4n) is 1.64. The molecule has 0 saturated heterocycles. The van der Waals surface area contributed by atoms with Crippen molar-refractivity contribution >= 4 is 0 Å². The van der Waals surface area contributed by atoms with Gasteiger partial charge in [0.1, 0.15) is 0 Å². The van der Waals surface area contributed by atoms with Gasteiger partial charge in [0.05, 0.1) is 0 Å². The van der Waals surface area contributed by atoms with Gasteiger partial charge < -0.3 is 10.2 Å². The highest BCUT2D eigenvalue weighted by atomic mass is 16.3. The standard InChI is InChI=1S/C9H16O2/c1-7-2-3-8(5-10)9(4-7)6-11/h2-3,7-11H,4-6H2,1H3. The highest BCUT2D eigenvalue weighted by Crippen LogP contribution is 2.27. The molecule has 0 spiro atoms. The Hall–Kier alpha value is -0.340. The topological polar surface area (TPSA) is 40.5 Å². The Morgan fingerprint density at radius 3 is 2.55 bits per heavy atom. The zero-order valence-electron chi connectivity index (χ0n) is 6.90. The van der Waals surface area contributed by atoms with E-state index in [0.717, 1.165) is 6.42 Å². The lowest BCUT2D eigenvalue weighted by Gasteiger charge is -2.27. The lowest BCUT2D eigenvalue weighted by atomic mass is 9.80. The number of allylic oxidation sites excluding steroid dienone is 1. The summed E-state index contributed by atoms with van der Waals surface area (Å²) in [6.45, 7) is 2.49. The van der Waals surface area contributed by atoms with Crippen molar-refractivity contribution in [2.24, 2.45) is 17.8 Å². The van der Waals surface area contributed by atoms with Gasteiger partial charge in [-0.1, -0.05) is 19.1 Å². The molecule has 2 nitrogen and oxygen atoms in total. The maximum absolute atomic E-state index is 8.97. The van der Waals surface area contributed by atoms with Crippen LogP contribution in [0.2, 0.25) is 0 Å². The number of aliphatic hydroxyl groups excluding tert-OH is 2. The summed E-state index contributed by atoms with van der Waals surface area (Å²) < 4.78 is 0. The Morgan fingerprint density at radius 2 is 2.00 bits per heavy atom. The lowest BCUT2D eigenvalue weighted by molar-refractivity contribution is 0.125. The van der Waals surface area contributed by atoms with E-state index in [2.05, 4.69) is 13.0 Å². The Bertz CT molecular complexity index is 142. The van der Waals surface area contributed by atoms with Crippen molar-refractivity contribution < 1.29 is 10.2 Å². The van der Waals surface area contributed by atoms with Crippen molar-refractivity contribution in [3.63, 3.8) is 0 Å². The van der Waals surface area contributed by atoms with Crippen LogP contribution in [-0.4, -0.2) is 23.4 Å². The van der Waals surface area contributed by atoms with Crippen LogP contribution in [-0.2, 0) is 0 Å². The van der Waals surface area contributed by atoms with Crippen molar-refractivity contribution in [1.82, 2.24) is 0 Å². The van der Waals surface area contributed by atoms with Crippen molar-refractivity contribution in [3.05, 3.63) is 12.2 Å². The summed E-state index contributed by atoms with van der Waals surface area (Å²) in [5, 5.41) is 17.9. The second kappa shape index (κ2) is 3.88. The molecule has 0 heterocycles. The fourth-order valence-corrected chi connectivity index (χ4v) is 1.64. The number of aliphatic hydroxyl groups is 2. The number of rotatable bonds is 2. The van der Waals surface area contributed by atoms with Crippen molar-refractivity contribution in [3.8, 4) is 0 Å². The zero-order chi connectivity index (χ0) is 8.27. The highest BCUT2D eigenvalue weighted by Gasteiger charge is 2.22. The molecule has 0 aromatic carbocycles. The summed E-state index contributed by atoms with van der Waals surface area (Å²) in [6.07, 6.45) is 5.14. The molecule has 2 N–H and O–H groups in total. The predicted molar refractivity (Wildman–Crippen MR) is 44.1 cm³/mol. The Labute approximate surface area is 67.6 Å². The van der Waals surface area contributed by atoms with E-state index < -0.39 is 0 Å². The van der Waals surface area contributed by atoms with E-state index in [-0.39, 0.29) is 25.0 Å². The van der Waals surface area contributed by atoms with Crippen LogP contribution >= 0.6 is 0 Å². The summed E-state index contributed by atoms with van der Waals surface area (Å²) in [5.74, 6) is 0.992. The molecule has 3 unspecified atom stereocenters. The first-order valence-electron chi connectivity index (χ1n) is 4.18. The van der Waals surface area contributed by atoms with Gasteiger partial charge in [-0.2, -0.15) is 0 Å². The van der Waals surface area contributed by atoms with Gasteiger partial charge in [-0.05, 0) is 18.3 Å². The minimum Gasteiger partial charge on any atom is -0.396 e. The Morgan fingerprint density at radius 1 is 1.27 bits per heavy atom. The van der Waals surface area contributed by atoms with E-state index >= 15 is 0 Å². The summed E-state index contributed by atoms with van der Waals surface area (Å²) in [7, 11) is 0. The Balaban J connectivity index is 2.56. The molecular formula is C9H16O2. The highest BCUT2D eigenvalue weighted by molar-refractivity contribution is 4.99. The second-order valence-electron chi connectivity index (χ2n) is 3.39. The van der Waals surface area contributed by atoms with Crippen molar-refractivity contribution in [1.29, 1.82) is 0 Å². The summed E-state index contributed by atoms with van der Waals surface area (Å²) in [4.78, 5) is 0. The lowest BCUT2D eigenvalue weighted by Crippen LogP contribution is -2.25. The first-order valence-corrected chi connectivity index (χ1v) is 4.18. The average molecular weight is 156 g/mol. The van der Waals surface area contributed by atoms with E-state index in [9.17, 15) is 0 Å². The molecule has 0 aromatic rings. The number of hydrogen-bond donors (Lipinski definition) is 2. The molecule has 0 radical (unpaired) electrons. The van der Waals surface area contributed by atoms with Gasteiger partial charge >= 0.3 is 0 Å². The van der Waals surface area contributed by atoms with Gasteiger partial charge in [-0.3, -0.25) is 0 Å². The minimum atomic E-state index is 0.161. The molecule has 11 heavy (non-hydrogen) atoms. The third-order valence-electron chi connectivity index (χ3n) is 2.41. The molecular weight excluding hydrogens is 140 g/mol. The molecule has 1 aliphatic rings. The fraction of sp³-hybridized carbons (Fsp3) is 0.778. The molecule has 1 rings (SSSR count). The molecule has 0 saturated carbocycles. The van der Waals surface area contributed by atoms with E-state index in [1.165, 1.54) is 0 Å². The summed E-state index contributed by atoms with van der Waals surface area (Å²) >= 11 is 0. The normalized spacial score (nSPS) is 37.5. The molecule has 0 fully saturated rings. The smallest absolute Gasteiger partial charge is 0.0497 e. The van der Waals surface area contributed by atoms with E-state index in [1.54, 1.807) is 0 Å². The third kappa shape index (κ3) is 2.04. The molecule has 64 valence electrons. The monoisotopic (exact) mass is 156 g/mol. The van der Waals surface area contributed by atoms with E-state index in [4.69, 9.17) is 10.2 Å². The summed E-state index contributed by atoms with van der Waals surface area (Å²) in [6, 6.07) is 0. The maximum Gasteiger partial charge on any atom is 0.0497 e. The molecule has 2 heteroatoms. The predicted octanol–water partition coefficient (Wildman–Crippen LogP) is 0.799. The van der Waals surface area contributed by atoms with Crippen LogP contribution in [0.5, 0.6) is 0 Å². The van der Waals surface area contributed by atoms with Crippen molar-refractivity contribution in [2.45, 2.75) is 13.3 Å². The molecule has 0 aliphatic heterocycles. The third-order valence-corrected chi connectivity index (χ3v) is 2.41. The summed E-state index contributed by atoms with van der Waals surface area (Å²) in [5.41, 5.74) is 0. The quantitative estimate of drug-likeness (QED) is 0.580. The van der Waals surface area contributed by atoms with Crippen LogP contribution in [0.1, 0.15) is 13.3 Å². The molecule has 0 amide bonds. The SMILES string of the molecule is CC1C=CC(CO)C(CO)C1.